The van der Waals surface area contributed by atoms with Crippen molar-refractivity contribution in [2.45, 2.75) is 25.3 Å². The molecule has 1 saturated heterocycles. The van der Waals surface area contributed by atoms with E-state index in [1.165, 1.54) is 12.8 Å². The summed E-state index contributed by atoms with van der Waals surface area (Å²) >= 11 is 0. The molecule has 5 nitrogen and oxygen atoms in total. The maximum atomic E-state index is 12.6. The Morgan fingerprint density at radius 1 is 1.27 bits per heavy atom. The molecule has 0 aromatic heterocycles. The second-order valence-electron chi connectivity index (χ2n) is 6.14. The summed E-state index contributed by atoms with van der Waals surface area (Å²) in [5, 5.41) is 6.11. The van der Waals surface area contributed by atoms with Crippen LogP contribution in [0.15, 0.2) is 30.3 Å². The van der Waals surface area contributed by atoms with Crippen LogP contribution in [-0.4, -0.2) is 42.9 Å². The van der Waals surface area contributed by atoms with E-state index in [2.05, 4.69) is 10.6 Å². The Morgan fingerprint density at radius 3 is 2.77 bits per heavy atom. The summed E-state index contributed by atoms with van der Waals surface area (Å²) in [4.78, 5) is 26.3. The zero-order chi connectivity index (χ0) is 15.4. The first-order valence-electron chi connectivity index (χ1n) is 8.06. The van der Waals surface area contributed by atoms with Crippen LogP contribution in [0.5, 0.6) is 0 Å². The van der Waals surface area contributed by atoms with E-state index in [0.29, 0.717) is 26.1 Å². The Balaban J connectivity index is 1.69. The Hall–Kier alpha value is -1.88. The average Bonchev–Trinajstić information content (AvgIpc) is 3.35. The molecule has 1 aliphatic heterocycles. The minimum atomic E-state index is -0.168. The largest absolute Gasteiger partial charge is 0.354 e. The van der Waals surface area contributed by atoms with Crippen molar-refractivity contribution in [3.8, 4) is 0 Å². The van der Waals surface area contributed by atoms with E-state index in [1.807, 2.05) is 35.2 Å². The van der Waals surface area contributed by atoms with Gasteiger partial charge in [0.2, 0.25) is 11.8 Å². The van der Waals surface area contributed by atoms with Crippen molar-refractivity contribution < 1.29 is 9.59 Å². The topological polar surface area (TPSA) is 61.4 Å². The lowest BCUT2D eigenvalue weighted by atomic mass is 10.0. The van der Waals surface area contributed by atoms with Gasteiger partial charge >= 0.3 is 0 Å². The summed E-state index contributed by atoms with van der Waals surface area (Å²) in [6, 6.07) is 9.66. The molecule has 22 heavy (non-hydrogen) atoms. The predicted octanol–water partition coefficient (Wildman–Crippen LogP) is 1.08. The number of nitrogens with zero attached hydrogens (tertiary/aromatic N) is 1. The fourth-order valence-corrected chi connectivity index (χ4v) is 2.91. The maximum Gasteiger partial charge on any atom is 0.237 e. The molecule has 2 aliphatic rings. The maximum absolute atomic E-state index is 12.6. The zero-order valence-electron chi connectivity index (χ0n) is 12.8. The number of carbonyl (C=O) groups excluding carboxylic acids is 2. The molecular weight excluding hydrogens is 278 g/mol. The summed E-state index contributed by atoms with van der Waals surface area (Å²) in [6.45, 7) is 2.37. The Bertz CT molecular complexity index is 528. The van der Waals surface area contributed by atoms with Crippen LogP contribution in [0.4, 0.5) is 0 Å². The number of hydrogen-bond donors (Lipinski definition) is 2. The summed E-state index contributed by atoms with van der Waals surface area (Å²) in [5.41, 5.74) is 1.02. The molecular formula is C17H23N3O2. The number of nitrogens with one attached hydrogen (secondary N) is 2. The fraction of sp³-hybridized carbons (Fsp3) is 0.529. The quantitative estimate of drug-likeness (QED) is 0.855. The van der Waals surface area contributed by atoms with Gasteiger partial charge in [-0.05, 0) is 30.9 Å². The molecule has 1 aromatic rings. The first-order chi connectivity index (χ1) is 10.7. The summed E-state index contributed by atoms with van der Waals surface area (Å²) in [6.07, 6.45) is 2.88. The second-order valence-corrected chi connectivity index (χ2v) is 6.14. The second kappa shape index (κ2) is 6.92. The van der Waals surface area contributed by atoms with Crippen LogP contribution in [0.2, 0.25) is 0 Å². The minimum Gasteiger partial charge on any atom is -0.354 e. The van der Waals surface area contributed by atoms with Crippen molar-refractivity contribution >= 4 is 11.8 Å². The lowest BCUT2D eigenvalue weighted by Gasteiger charge is -2.29. The van der Waals surface area contributed by atoms with Crippen molar-refractivity contribution in [3.05, 3.63) is 35.9 Å². The molecule has 2 N–H and O–H groups in total. The molecule has 3 rings (SSSR count). The third-order valence-corrected chi connectivity index (χ3v) is 4.34. The average molecular weight is 301 g/mol. The van der Waals surface area contributed by atoms with Crippen LogP contribution < -0.4 is 10.6 Å². The molecule has 1 aromatic carbocycles. The van der Waals surface area contributed by atoms with Crippen molar-refractivity contribution in [2.75, 3.05) is 26.2 Å². The van der Waals surface area contributed by atoms with Gasteiger partial charge in [-0.25, -0.2) is 0 Å². The van der Waals surface area contributed by atoms with E-state index in [4.69, 9.17) is 0 Å². The third kappa shape index (κ3) is 3.85. The molecule has 5 heteroatoms. The van der Waals surface area contributed by atoms with E-state index in [0.717, 1.165) is 18.0 Å². The number of amides is 2. The molecule has 118 valence electrons. The van der Waals surface area contributed by atoms with Gasteiger partial charge in [0.1, 0.15) is 0 Å². The van der Waals surface area contributed by atoms with Crippen molar-refractivity contribution in [1.29, 1.82) is 0 Å². The highest BCUT2D eigenvalue weighted by Crippen LogP contribution is 2.28. The highest BCUT2D eigenvalue weighted by atomic mass is 16.2. The smallest absolute Gasteiger partial charge is 0.237 e. The number of rotatable bonds is 5. The van der Waals surface area contributed by atoms with Crippen LogP contribution in [0.3, 0.4) is 0 Å². The minimum absolute atomic E-state index is 0.00935. The van der Waals surface area contributed by atoms with Crippen LogP contribution in [-0.2, 0) is 9.59 Å². The predicted molar refractivity (Wildman–Crippen MR) is 84.1 cm³/mol. The Morgan fingerprint density at radius 2 is 2.05 bits per heavy atom. The first kappa shape index (κ1) is 15.0. The van der Waals surface area contributed by atoms with E-state index < -0.39 is 0 Å². The molecule has 1 unspecified atom stereocenters. The van der Waals surface area contributed by atoms with Gasteiger partial charge < -0.3 is 15.5 Å². The number of hydrogen-bond acceptors (Lipinski definition) is 3. The first-order valence-corrected chi connectivity index (χ1v) is 8.06. The van der Waals surface area contributed by atoms with Crippen molar-refractivity contribution in [1.82, 2.24) is 15.5 Å². The molecule has 0 spiro atoms. The molecule has 2 fully saturated rings. The van der Waals surface area contributed by atoms with Gasteiger partial charge in [-0.3, -0.25) is 9.59 Å². The Labute approximate surface area is 131 Å². The van der Waals surface area contributed by atoms with E-state index >= 15 is 0 Å². The van der Waals surface area contributed by atoms with Gasteiger partial charge in [0.05, 0.1) is 19.0 Å². The van der Waals surface area contributed by atoms with Gasteiger partial charge in [-0.15, -0.1) is 0 Å². The normalized spacial score (nSPS) is 22.1. The highest BCUT2D eigenvalue weighted by Gasteiger charge is 2.29. The standard InChI is InChI=1S/C17H23N3O2/c21-16-10-15(14-4-2-1-3-5-14)20(9-8-19-16)17(22)12-18-11-13-6-7-13/h1-5,13,15,18H,6-12H2,(H,19,21). The van der Waals surface area contributed by atoms with Crippen LogP contribution >= 0.6 is 0 Å². The molecule has 0 radical (unpaired) electrons. The van der Waals surface area contributed by atoms with Crippen LogP contribution in [0.25, 0.3) is 0 Å². The van der Waals surface area contributed by atoms with Gasteiger partial charge in [0.15, 0.2) is 0 Å². The third-order valence-electron chi connectivity index (χ3n) is 4.34. The summed E-state index contributed by atoms with van der Waals surface area (Å²) in [7, 11) is 0. The lowest BCUT2D eigenvalue weighted by molar-refractivity contribution is -0.132. The molecule has 0 bridgehead atoms. The monoisotopic (exact) mass is 301 g/mol. The number of benzene rings is 1. The molecule has 2 amide bonds. The fourth-order valence-electron chi connectivity index (χ4n) is 2.91. The van der Waals surface area contributed by atoms with Gasteiger partial charge in [-0.2, -0.15) is 0 Å². The highest BCUT2D eigenvalue weighted by molar-refractivity contribution is 5.82. The van der Waals surface area contributed by atoms with Gasteiger partial charge in [0.25, 0.3) is 0 Å². The summed E-state index contributed by atoms with van der Waals surface area (Å²) in [5.74, 6) is 0.839. The lowest BCUT2D eigenvalue weighted by Crippen LogP contribution is -2.42. The molecule has 1 aliphatic carbocycles. The van der Waals surface area contributed by atoms with Crippen LogP contribution in [0, 0.1) is 5.92 Å². The van der Waals surface area contributed by atoms with E-state index in [-0.39, 0.29) is 17.9 Å². The van der Waals surface area contributed by atoms with Gasteiger partial charge in [0, 0.05) is 13.1 Å². The van der Waals surface area contributed by atoms with Crippen molar-refractivity contribution in [3.63, 3.8) is 0 Å². The SMILES string of the molecule is O=C1CC(c2ccccc2)N(C(=O)CNCC2CC2)CCN1. The summed E-state index contributed by atoms with van der Waals surface area (Å²) < 4.78 is 0. The molecule has 1 atom stereocenters. The van der Waals surface area contributed by atoms with Gasteiger partial charge in [-0.1, -0.05) is 30.3 Å². The number of carbonyl (C=O) groups is 2. The van der Waals surface area contributed by atoms with E-state index in [1.54, 1.807) is 0 Å². The van der Waals surface area contributed by atoms with Crippen molar-refractivity contribution in [2.24, 2.45) is 5.92 Å². The molecule has 1 heterocycles. The van der Waals surface area contributed by atoms with Crippen LogP contribution in [0.1, 0.15) is 30.9 Å². The Kier molecular flexibility index (Phi) is 4.73. The van der Waals surface area contributed by atoms with E-state index in [9.17, 15) is 9.59 Å². The zero-order valence-corrected chi connectivity index (χ0v) is 12.8. The molecule has 1 saturated carbocycles.